The van der Waals surface area contributed by atoms with Gasteiger partial charge < -0.3 is 9.33 Å². The summed E-state index contributed by atoms with van der Waals surface area (Å²) in [5.41, 5.74) is 1.24. The first kappa shape index (κ1) is 17.4. The maximum Gasteiger partial charge on any atom is 0.192 e. The van der Waals surface area contributed by atoms with Crippen LogP contribution in [0.25, 0.3) is 0 Å². The second-order valence-corrected chi connectivity index (χ2v) is 12.5. The third-order valence-electron chi connectivity index (χ3n) is 5.06. The molecule has 0 spiro atoms. The zero-order valence-corrected chi connectivity index (χ0v) is 15.8. The van der Waals surface area contributed by atoms with Gasteiger partial charge in [-0.1, -0.05) is 20.8 Å². The molecule has 0 N–H and O–H groups in total. The minimum absolute atomic E-state index is 0.298. The van der Waals surface area contributed by atoms with Crippen molar-refractivity contribution in [3.05, 3.63) is 24.5 Å². The van der Waals surface area contributed by atoms with Crippen molar-refractivity contribution in [3.8, 4) is 0 Å². The van der Waals surface area contributed by atoms with E-state index in [1.807, 2.05) is 18.5 Å². The van der Waals surface area contributed by atoms with Crippen LogP contribution in [0, 0.1) is 0 Å². The molecule has 0 radical (unpaired) electrons. The quantitative estimate of drug-likeness (QED) is 0.779. The summed E-state index contributed by atoms with van der Waals surface area (Å²) in [6.45, 7) is 17.8. The minimum atomic E-state index is -1.60. The zero-order chi connectivity index (χ0) is 16.2. The van der Waals surface area contributed by atoms with Crippen LogP contribution >= 0.6 is 0 Å². The van der Waals surface area contributed by atoms with Crippen molar-refractivity contribution in [3.63, 3.8) is 0 Å². The Morgan fingerprint density at radius 2 is 1.86 bits per heavy atom. The molecule has 1 aromatic heterocycles. The number of piperazine rings is 1. The number of anilines is 1. The van der Waals surface area contributed by atoms with Crippen molar-refractivity contribution >= 4 is 14.0 Å². The highest BCUT2D eigenvalue weighted by molar-refractivity contribution is 6.74. The van der Waals surface area contributed by atoms with Gasteiger partial charge in [-0.25, -0.2) is 0 Å². The largest absolute Gasteiger partial charge is 0.416 e. The van der Waals surface area contributed by atoms with E-state index in [2.05, 4.69) is 54.7 Å². The van der Waals surface area contributed by atoms with Gasteiger partial charge in [0, 0.05) is 45.5 Å². The van der Waals surface area contributed by atoms with Crippen molar-refractivity contribution < 1.29 is 4.43 Å². The summed E-state index contributed by atoms with van der Waals surface area (Å²) < 4.78 is 6.28. The average molecular weight is 322 g/mol. The van der Waals surface area contributed by atoms with Crippen molar-refractivity contribution in [2.24, 2.45) is 0 Å². The smallest absolute Gasteiger partial charge is 0.192 e. The Balaban J connectivity index is 1.72. The molecule has 1 aliphatic rings. The molecule has 22 heavy (non-hydrogen) atoms. The van der Waals surface area contributed by atoms with Crippen LogP contribution in [-0.4, -0.2) is 57.5 Å². The third-order valence-corrected chi connectivity index (χ3v) is 9.60. The summed E-state index contributed by atoms with van der Waals surface area (Å²) in [6, 6.07) is 4.15. The molecule has 2 rings (SSSR count). The number of hydrogen-bond donors (Lipinski definition) is 0. The van der Waals surface area contributed by atoms with Crippen molar-refractivity contribution in [2.45, 2.75) is 38.9 Å². The summed E-state index contributed by atoms with van der Waals surface area (Å²) in [6.07, 6.45) is 3.79. The fraction of sp³-hybridized carbons (Fsp3) is 0.706. The van der Waals surface area contributed by atoms with Gasteiger partial charge in [-0.3, -0.25) is 9.88 Å². The van der Waals surface area contributed by atoms with E-state index in [1.54, 1.807) is 0 Å². The van der Waals surface area contributed by atoms with Crippen LogP contribution < -0.4 is 4.90 Å². The van der Waals surface area contributed by atoms with Gasteiger partial charge in [-0.15, -0.1) is 0 Å². The van der Waals surface area contributed by atoms with Crippen molar-refractivity contribution in [1.29, 1.82) is 0 Å². The first-order valence-corrected chi connectivity index (χ1v) is 11.2. The van der Waals surface area contributed by atoms with Gasteiger partial charge in [0.25, 0.3) is 0 Å². The zero-order valence-electron chi connectivity index (χ0n) is 14.8. The highest BCUT2D eigenvalue weighted by Crippen LogP contribution is 2.36. The Bertz CT molecular complexity index is 451. The molecule has 5 heteroatoms. The first-order chi connectivity index (χ1) is 10.3. The molecule has 1 aliphatic heterocycles. The molecule has 0 aromatic carbocycles. The van der Waals surface area contributed by atoms with Crippen LogP contribution in [0.3, 0.4) is 0 Å². The Morgan fingerprint density at radius 1 is 1.18 bits per heavy atom. The summed E-state index contributed by atoms with van der Waals surface area (Å²) in [5, 5.41) is 0.298. The number of nitrogens with zero attached hydrogens (tertiary/aromatic N) is 3. The lowest BCUT2D eigenvalue weighted by Gasteiger charge is -2.38. The normalized spacial score (nSPS) is 17.8. The molecule has 1 fully saturated rings. The molecule has 0 saturated carbocycles. The van der Waals surface area contributed by atoms with E-state index in [4.69, 9.17) is 4.43 Å². The van der Waals surface area contributed by atoms with Crippen LogP contribution in [0.1, 0.15) is 20.8 Å². The van der Waals surface area contributed by atoms with Gasteiger partial charge in [0.15, 0.2) is 8.32 Å². The van der Waals surface area contributed by atoms with Gasteiger partial charge in [0.2, 0.25) is 0 Å². The maximum atomic E-state index is 6.28. The third kappa shape index (κ3) is 4.54. The lowest BCUT2D eigenvalue weighted by molar-refractivity contribution is 0.191. The second-order valence-electron chi connectivity index (χ2n) is 7.65. The van der Waals surface area contributed by atoms with Gasteiger partial charge >= 0.3 is 0 Å². The Hall–Kier alpha value is -0.913. The predicted molar refractivity (Wildman–Crippen MR) is 96.0 cm³/mol. The van der Waals surface area contributed by atoms with Crippen LogP contribution in [0.5, 0.6) is 0 Å². The molecule has 4 nitrogen and oxygen atoms in total. The first-order valence-electron chi connectivity index (χ1n) is 8.31. The summed E-state index contributed by atoms with van der Waals surface area (Å²) in [7, 11) is -1.60. The second kappa shape index (κ2) is 7.11. The SMILES string of the molecule is CC(C)(C)[Si](C)(C)OCCN1CCN(c2cccnc2)CC1. The molecule has 0 aliphatic carbocycles. The molecule has 0 unspecified atom stereocenters. The lowest BCUT2D eigenvalue weighted by atomic mass is 10.2. The summed E-state index contributed by atoms with van der Waals surface area (Å²) >= 11 is 0. The Morgan fingerprint density at radius 3 is 2.41 bits per heavy atom. The summed E-state index contributed by atoms with van der Waals surface area (Å²) in [5.74, 6) is 0. The van der Waals surface area contributed by atoms with E-state index >= 15 is 0 Å². The van der Waals surface area contributed by atoms with E-state index in [0.29, 0.717) is 5.04 Å². The standard InChI is InChI=1S/C17H31N3OSi/c1-17(2,3)22(4,5)21-14-13-19-9-11-20(12-10-19)16-7-6-8-18-15-16/h6-8,15H,9-14H2,1-5H3. The van der Waals surface area contributed by atoms with E-state index in [1.165, 1.54) is 5.69 Å². The monoisotopic (exact) mass is 321 g/mol. The van der Waals surface area contributed by atoms with E-state index in [-0.39, 0.29) is 0 Å². The average Bonchev–Trinajstić information content (AvgIpc) is 2.47. The van der Waals surface area contributed by atoms with Crippen LogP contribution in [0.15, 0.2) is 24.5 Å². The lowest BCUT2D eigenvalue weighted by Crippen LogP contribution is -2.48. The van der Waals surface area contributed by atoms with E-state index < -0.39 is 8.32 Å². The van der Waals surface area contributed by atoms with Crippen LogP contribution in [0.4, 0.5) is 5.69 Å². The Kier molecular flexibility index (Phi) is 5.63. The number of aromatic nitrogens is 1. The molecule has 124 valence electrons. The molecule has 0 atom stereocenters. The van der Waals surface area contributed by atoms with Crippen molar-refractivity contribution in [1.82, 2.24) is 9.88 Å². The highest BCUT2D eigenvalue weighted by atomic mass is 28.4. The molecule has 1 saturated heterocycles. The van der Waals surface area contributed by atoms with Gasteiger partial charge in [-0.05, 0) is 30.3 Å². The molecule has 2 heterocycles. The highest BCUT2D eigenvalue weighted by Gasteiger charge is 2.37. The molecule has 0 bridgehead atoms. The van der Waals surface area contributed by atoms with E-state index in [0.717, 1.165) is 39.3 Å². The molecule has 1 aromatic rings. The molecule has 0 amide bonds. The Labute approximate surface area is 136 Å². The van der Waals surface area contributed by atoms with Crippen LogP contribution in [0.2, 0.25) is 18.1 Å². The van der Waals surface area contributed by atoms with E-state index in [9.17, 15) is 0 Å². The van der Waals surface area contributed by atoms with Gasteiger partial charge in [0.1, 0.15) is 0 Å². The van der Waals surface area contributed by atoms with Gasteiger partial charge in [-0.2, -0.15) is 0 Å². The minimum Gasteiger partial charge on any atom is -0.416 e. The van der Waals surface area contributed by atoms with Crippen molar-refractivity contribution in [2.75, 3.05) is 44.2 Å². The fourth-order valence-corrected chi connectivity index (χ4v) is 3.45. The number of hydrogen-bond acceptors (Lipinski definition) is 4. The number of rotatable bonds is 5. The predicted octanol–water partition coefficient (Wildman–Crippen LogP) is 3.23. The number of pyridine rings is 1. The molecular weight excluding hydrogens is 290 g/mol. The summed E-state index contributed by atoms with van der Waals surface area (Å²) in [4.78, 5) is 9.14. The topological polar surface area (TPSA) is 28.6 Å². The fourth-order valence-electron chi connectivity index (χ4n) is 2.42. The molecular formula is C17H31N3OSi. The maximum absolute atomic E-state index is 6.28. The van der Waals surface area contributed by atoms with Crippen LogP contribution in [-0.2, 0) is 4.43 Å². The van der Waals surface area contributed by atoms with Gasteiger partial charge in [0.05, 0.1) is 11.9 Å².